The molecule has 0 saturated carbocycles. The molecule has 3 nitrogen and oxygen atoms in total. The van der Waals surface area contributed by atoms with Crippen LogP contribution in [-0.4, -0.2) is 31.1 Å². The molecular weight excluding hydrogens is 208 g/mol. The standard InChI is InChI=1S/C11H18N2OS/c1-9-10(8-15)6-11(14-9)7-13-4-2-12-3-5-13/h6,12,15H,2-5,7-8H2,1H3. The first-order valence-corrected chi connectivity index (χ1v) is 6.05. The smallest absolute Gasteiger partial charge is 0.118 e. The van der Waals surface area contributed by atoms with E-state index >= 15 is 0 Å². The molecule has 4 heteroatoms. The van der Waals surface area contributed by atoms with Crippen molar-refractivity contribution >= 4 is 12.6 Å². The minimum atomic E-state index is 0.761. The first kappa shape index (κ1) is 11.0. The maximum absolute atomic E-state index is 5.70. The minimum Gasteiger partial charge on any atom is -0.465 e. The van der Waals surface area contributed by atoms with Gasteiger partial charge in [-0.1, -0.05) is 0 Å². The number of nitrogens with zero attached hydrogens (tertiary/aromatic N) is 1. The van der Waals surface area contributed by atoms with Gasteiger partial charge in [-0.25, -0.2) is 0 Å². The zero-order valence-electron chi connectivity index (χ0n) is 9.12. The van der Waals surface area contributed by atoms with Gasteiger partial charge >= 0.3 is 0 Å². The zero-order valence-corrected chi connectivity index (χ0v) is 10.0. The molecule has 1 N–H and O–H groups in total. The third-order valence-electron chi connectivity index (χ3n) is 2.83. The number of hydrogen-bond donors (Lipinski definition) is 2. The maximum Gasteiger partial charge on any atom is 0.118 e. The summed E-state index contributed by atoms with van der Waals surface area (Å²) in [7, 11) is 0. The lowest BCUT2D eigenvalue weighted by atomic mass is 10.2. The van der Waals surface area contributed by atoms with Gasteiger partial charge in [0.05, 0.1) is 6.54 Å². The quantitative estimate of drug-likeness (QED) is 0.764. The number of rotatable bonds is 3. The monoisotopic (exact) mass is 226 g/mol. The van der Waals surface area contributed by atoms with Crippen molar-refractivity contribution in [3.05, 3.63) is 23.2 Å². The van der Waals surface area contributed by atoms with Crippen LogP contribution in [0, 0.1) is 6.92 Å². The summed E-state index contributed by atoms with van der Waals surface area (Å²) in [6, 6.07) is 2.13. The molecule has 2 rings (SSSR count). The molecule has 1 aliphatic heterocycles. The molecule has 0 atom stereocenters. The molecule has 1 fully saturated rings. The van der Waals surface area contributed by atoms with Crippen molar-refractivity contribution in [3.63, 3.8) is 0 Å². The normalized spacial score (nSPS) is 18.3. The molecule has 1 aliphatic rings. The second kappa shape index (κ2) is 5.05. The summed E-state index contributed by atoms with van der Waals surface area (Å²) in [6.45, 7) is 7.31. The van der Waals surface area contributed by atoms with Crippen molar-refractivity contribution in [2.24, 2.45) is 0 Å². The predicted molar refractivity (Wildman–Crippen MR) is 64.3 cm³/mol. The summed E-state index contributed by atoms with van der Waals surface area (Å²) in [5.41, 5.74) is 1.21. The molecule has 0 amide bonds. The Morgan fingerprint density at radius 1 is 1.47 bits per heavy atom. The first-order chi connectivity index (χ1) is 7.29. The van der Waals surface area contributed by atoms with E-state index in [-0.39, 0.29) is 0 Å². The highest BCUT2D eigenvalue weighted by Crippen LogP contribution is 2.17. The van der Waals surface area contributed by atoms with Crippen molar-refractivity contribution in [2.45, 2.75) is 19.2 Å². The molecule has 0 aliphatic carbocycles. The maximum atomic E-state index is 5.70. The molecule has 0 unspecified atom stereocenters. The van der Waals surface area contributed by atoms with Crippen LogP contribution in [-0.2, 0) is 12.3 Å². The van der Waals surface area contributed by atoms with Gasteiger partial charge in [-0.3, -0.25) is 4.90 Å². The Morgan fingerprint density at radius 3 is 2.80 bits per heavy atom. The summed E-state index contributed by atoms with van der Waals surface area (Å²) < 4.78 is 5.70. The molecular formula is C11H18N2OS. The Balaban J connectivity index is 1.97. The highest BCUT2D eigenvalue weighted by Gasteiger charge is 2.13. The number of piperazine rings is 1. The Hall–Kier alpha value is -0.450. The molecule has 1 aromatic heterocycles. The molecule has 84 valence electrons. The van der Waals surface area contributed by atoms with E-state index in [9.17, 15) is 0 Å². The number of hydrogen-bond acceptors (Lipinski definition) is 4. The summed E-state index contributed by atoms with van der Waals surface area (Å²) in [5, 5.41) is 3.34. The van der Waals surface area contributed by atoms with Gasteiger partial charge in [0, 0.05) is 37.5 Å². The molecule has 2 heterocycles. The van der Waals surface area contributed by atoms with Crippen molar-refractivity contribution in [1.82, 2.24) is 10.2 Å². The molecule has 15 heavy (non-hydrogen) atoms. The van der Waals surface area contributed by atoms with E-state index in [2.05, 4.69) is 28.9 Å². The Bertz CT molecular complexity index is 318. The van der Waals surface area contributed by atoms with Crippen LogP contribution < -0.4 is 5.32 Å². The first-order valence-electron chi connectivity index (χ1n) is 5.41. The Kier molecular flexibility index (Phi) is 3.72. The third-order valence-corrected chi connectivity index (χ3v) is 3.17. The van der Waals surface area contributed by atoms with Gasteiger partial charge in [0.2, 0.25) is 0 Å². The van der Waals surface area contributed by atoms with E-state index in [0.29, 0.717) is 0 Å². The molecule has 0 bridgehead atoms. The van der Waals surface area contributed by atoms with Crippen molar-refractivity contribution in [2.75, 3.05) is 26.2 Å². The summed E-state index contributed by atoms with van der Waals surface area (Å²) in [6.07, 6.45) is 0. The number of aryl methyl sites for hydroxylation is 1. The Morgan fingerprint density at radius 2 is 2.20 bits per heavy atom. The van der Waals surface area contributed by atoms with Crippen molar-refractivity contribution < 1.29 is 4.42 Å². The van der Waals surface area contributed by atoms with E-state index in [0.717, 1.165) is 50.0 Å². The predicted octanol–water partition coefficient (Wildman–Crippen LogP) is 1.42. The fraction of sp³-hybridized carbons (Fsp3) is 0.636. The lowest BCUT2D eigenvalue weighted by Crippen LogP contribution is -2.42. The SMILES string of the molecule is Cc1oc(CN2CCNCC2)cc1CS. The van der Waals surface area contributed by atoms with Gasteiger partial charge in [-0.15, -0.1) is 0 Å². The minimum absolute atomic E-state index is 0.761. The molecule has 0 aromatic carbocycles. The van der Waals surface area contributed by atoms with Gasteiger partial charge in [-0.2, -0.15) is 12.6 Å². The second-order valence-electron chi connectivity index (χ2n) is 3.98. The second-order valence-corrected chi connectivity index (χ2v) is 4.29. The Labute approximate surface area is 96.2 Å². The molecule has 1 saturated heterocycles. The van der Waals surface area contributed by atoms with E-state index in [1.54, 1.807) is 0 Å². The summed E-state index contributed by atoms with van der Waals surface area (Å²) in [5.74, 6) is 2.84. The average molecular weight is 226 g/mol. The topological polar surface area (TPSA) is 28.4 Å². The van der Waals surface area contributed by atoms with E-state index in [1.165, 1.54) is 5.56 Å². The van der Waals surface area contributed by atoms with Gasteiger partial charge in [0.25, 0.3) is 0 Å². The highest BCUT2D eigenvalue weighted by molar-refractivity contribution is 7.79. The van der Waals surface area contributed by atoms with Gasteiger partial charge in [-0.05, 0) is 13.0 Å². The largest absolute Gasteiger partial charge is 0.465 e. The van der Waals surface area contributed by atoms with Crippen LogP contribution in [0.4, 0.5) is 0 Å². The number of nitrogens with one attached hydrogen (secondary N) is 1. The van der Waals surface area contributed by atoms with Crippen LogP contribution in [0.15, 0.2) is 10.5 Å². The summed E-state index contributed by atoms with van der Waals surface area (Å²) in [4.78, 5) is 2.41. The van der Waals surface area contributed by atoms with Gasteiger partial charge < -0.3 is 9.73 Å². The number of thiol groups is 1. The van der Waals surface area contributed by atoms with Gasteiger partial charge in [0.1, 0.15) is 11.5 Å². The van der Waals surface area contributed by atoms with Crippen LogP contribution in [0.3, 0.4) is 0 Å². The molecule has 1 aromatic rings. The molecule has 0 spiro atoms. The third kappa shape index (κ3) is 2.77. The van der Waals surface area contributed by atoms with E-state index in [4.69, 9.17) is 4.42 Å². The fourth-order valence-electron chi connectivity index (χ4n) is 1.91. The number of furan rings is 1. The summed E-state index contributed by atoms with van der Waals surface area (Å²) >= 11 is 4.28. The van der Waals surface area contributed by atoms with Crippen LogP contribution in [0.1, 0.15) is 17.1 Å². The lowest BCUT2D eigenvalue weighted by Gasteiger charge is -2.26. The van der Waals surface area contributed by atoms with Crippen LogP contribution in [0.2, 0.25) is 0 Å². The van der Waals surface area contributed by atoms with Crippen molar-refractivity contribution in [1.29, 1.82) is 0 Å². The van der Waals surface area contributed by atoms with E-state index < -0.39 is 0 Å². The van der Waals surface area contributed by atoms with Crippen LogP contribution in [0.25, 0.3) is 0 Å². The van der Waals surface area contributed by atoms with E-state index in [1.807, 2.05) is 6.92 Å². The zero-order chi connectivity index (χ0) is 10.7. The molecule has 0 radical (unpaired) electrons. The van der Waals surface area contributed by atoms with Crippen molar-refractivity contribution in [3.8, 4) is 0 Å². The average Bonchev–Trinajstić information content (AvgIpc) is 2.60. The van der Waals surface area contributed by atoms with Gasteiger partial charge in [0.15, 0.2) is 0 Å². The van der Waals surface area contributed by atoms with Crippen LogP contribution >= 0.6 is 12.6 Å². The highest BCUT2D eigenvalue weighted by atomic mass is 32.1. The fourth-order valence-corrected chi connectivity index (χ4v) is 2.23. The van der Waals surface area contributed by atoms with Crippen LogP contribution in [0.5, 0.6) is 0 Å². The lowest BCUT2D eigenvalue weighted by molar-refractivity contribution is 0.215.